The van der Waals surface area contributed by atoms with Crippen LogP contribution in [0.25, 0.3) is 0 Å². The molecule has 9 heteroatoms. The van der Waals surface area contributed by atoms with Crippen LogP contribution in [0, 0.1) is 0 Å². The van der Waals surface area contributed by atoms with E-state index in [9.17, 15) is 14.3 Å². The maximum atomic E-state index is 12.7. The summed E-state index contributed by atoms with van der Waals surface area (Å²) in [5.41, 5.74) is 0. The monoisotopic (exact) mass is 862 g/mol. The highest BCUT2D eigenvalue weighted by atomic mass is 31.2. The van der Waals surface area contributed by atoms with Gasteiger partial charge in [-0.05, 0) is 83.5 Å². The number of carbonyl (C=O) groups is 1. The van der Waals surface area contributed by atoms with E-state index in [1.165, 1.54) is 83.5 Å². The smallest absolute Gasteiger partial charge is 0.306 e. The van der Waals surface area contributed by atoms with Crippen LogP contribution in [0.3, 0.4) is 0 Å². The van der Waals surface area contributed by atoms with E-state index >= 15 is 0 Å². The lowest BCUT2D eigenvalue weighted by Gasteiger charge is -2.28. The third-order valence-electron chi connectivity index (χ3n) is 9.99. The van der Waals surface area contributed by atoms with Crippen LogP contribution in [0.2, 0.25) is 0 Å². The minimum atomic E-state index is -4.54. The minimum absolute atomic E-state index is 0.0166. The Morgan fingerprint density at radius 1 is 0.533 bits per heavy atom. The molecule has 8 nitrogen and oxygen atoms in total. The van der Waals surface area contributed by atoms with Crippen LogP contribution >= 0.6 is 7.82 Å². The Kier molecular flexibility index (Phi) is 42.1. The summed E-state index contributed by atoms with van der Waals surface area (Å²) >= 11 is 0. The summed E-state index contributed by atoms with van der Waals surface area (Å²) in [4.78, 5) is 25.1. The molecule has 0 spiro atoms. The summed E-state index contributed by atoms with van der Waals surface area (Å²) in [6, 6.07) is 0. The number of rotatable bonds is 44. The number of ether oxygens (including phenoxy) is 2. The summed E-state index contributed by atoms with van der Waals surface area (Å²) in [7, 11) is 1.33. The van der Waals surface area contributed by atoms with Crippen LogP contribution in [0.1, 0.15) is 187 Å². The Morgan fingerprint density at radius 3 is 1.47 bits per heavy atom. The zero-order valence-electron chi connectivity index (χ0n) is 39.4. The predicted molar refractivity (Wildman–Crippen MR) is 254 cm³/mol. The predicted octanol–water partition coefficient (Wildman–Crippen LogP) is 14.0. The molecule has 0 fully saturated rings. The lowest BCUT2D eigenvalue weighted by molar-refractivity contribution is -0.870. The Hall–Kier alpha value is -2.06. The van der Waals surface area contributed by atoms with Gasteiger partial charge in [0.1, 0.15) is 19.3 Å². The van der Waals surface area contributed by atoms with E-state index in [2.05, 4.69) is 86.8 Å². The van der Waals surface area contributed by atoms with E-state index in [-0.39, 0.29) is 25.8 Å². The topological polar surface area (TPSA) is 94.1 Å². The molecule has 0 aromatic rings. The molecule has 0 N–H and O–H groups in total. The lowest BCUT2D eigenvalue weighted by Crippen LogP contribution is -2.37. The average molecular weight is 862 g/mol. The van der Waals surface area contributed by atoms with Gasteiger partial charge in [-0.1, -0.05) is 170 Å². The molecule has 0 radical (unpaired) electrons. The zero-order valence-corrected chi connectivity index (χ0v) is 40.3. The molecule has 0 aliphatic heterocycles. The highest BCUT2D eigenvalue weighted by molar-refractivity contribution is 7.45. The third-order valence-corrected chi connectivity index (χ3v) is 11.0. The number of phosphoric acid groups is 1. The molecule has 2 atom stereocenters. The number of unbranched alkanes of at least 4 members (excludes halogenated alkanes) is 18. The standard InChI is InChI=1S/C51H92NO7P/c1-6-8-10-12-14-16-18-20-22-24-26-27-29-31-33-35-37-39-41-43-46-56-48-50(49-58-60(54,55)57-47-45-52(3,4)5)59-51(53)44-42-40-38-36-34-32-30-28-25-23-21-19-17-15-13-11-9-7-2/h8,10,14,16,20,22-23,25-27,31,33,50H,6-7,9,11-13,15,17-19,21,24,28-30,32,34-49H2,1-5H3/b10-8-,16-14-,22-20-,25-23-,27-26-,33-31-. The normalized spacial score (nSPS) is 14.3. The molecule has 0 saturated carbocycles. The van der Waals surface area contributed by atoms with E-state index in [1.54, 1.807) is 0 Å². The fourth-order valence-electron chi connectivity index (χ4n) is 6.27. The second-order valence-corrected chi connectivity index (χ2v) is 18.5. The first-order chi connectivity index (χ1) is 29.1. The summed E-state index contributed by atoms with van der Waals surface area (Å²) in [6.45, 7) is 5.22. The molecule has 0 saturated heterocycles. The minimum Gasteiger partial charge on any atom is -0.756 e. The molecule has 0 aromatic heterocycles. The first kappa shape index (κ1) is 57.9. The Bertz CT molecular complexity index is 1190. The molecule has 0 amide bonds. The number of esters is 1. The van der Waals surface area contributed by atoms with Crippen molar-refractivity contribution in [1.82, 2.24) is 0 Å². The van der Waals surface area contributed by atoms with Crippen LogP contribution in [0.4, 0.5) is 0 Å². The van der Waals surface area contributed by atoms with Crippen molar-refractivity contribution in [3.05, 3.63) is 72.9 Å². The van der Waals surface area contributed by atoms with Gasteiger partial charge >= 0.3 is 5.97 Å². The van der Waals surface area contributed by atoms with Crippen molar-refractivity contribution in [3.8, 4) is 0 Å². The molecule has 0 aliphatic rings. The van der Waals surface area contributed by atoms with E-state index in [1.807, 2.05) is 21.1 Å². The number of hydrogen-bond acceptors (Lipinski definition) is 7. The Balaban J connectivity index is 4.26. The molecule has 0 rings (SSSR count). The first-order valence-electron chi connectivity index (χ1n) is 24.2. The van der Waals surface area contributed by atoms with Crippen molar-refractivity contribution in [3.63, 3.8) is 0 Å². The van der Waals surface area contributed by atoms with Gasteiger partial charge in [-0.2, -0.15) is 0 Å². The Morgan fingerprint density at radius 2 is 0.967 bits per heavy atom. The maximum absolute atomic E-state index is 12.7. The van der Waals surface area contributed by atoms with Gasteiger partial charge < -0.3 is 27.9 Å². The lowest BCUT2D eigenvalue weighted by atomic mass is 10.1. The van der Waals surface area contributed by atoms with Crippen LogP contribution in [-0.4, -0.2) is 70.7 Å². The molecule has 348 valence electrons. The van der Waals surface area contributed by atoms with Gasteiger partial charge in [0.2, 0.25) is 0 Å². The van der Waals surface area contributed by atoms with E-state index < -0.39 is 13.9 Å². The fraction of sp³-hybridized carbons (Fsp3) is 0.745. The molecule has 2 unspecified atom stereocenters. The van der Waals surface area contributed by atoms with Gasteiger partial charge in [-0.25, -0.2) is 0 Å². The maximum Gasteiger partial charge on any atom is 0.306 e. The van der Waals surface area contributed by atoms with Crippen molar-refractivity contribution in [2.75, 3.05) is 54.1 Å². The molecule has 0 bridgehead atoms. The van der Waals surface area contributed by atoms with Gasteiger partial charge in [0.15, 0.2) is 0 Å². The van der Waals surface area contributed by atoms with Gasteiger partial charge in [0.05, 0.1) is 34.4 Å². The molecular weight excluding hydrogens is 770 g/mol. The van der Waals surface area contributed by atoms with Crippen molar-refractivity contribution < 1.29 is 37.3 Å². The summed E-state index contributed by atoms with van der Waals surface area (Å²) in [5, 5.41) is 0. The highest BCUT2D eigenvalue weighted by Gasteiger charge is 2.20. The number of phosphoric ester groups is 1. The van der Waals surface area contributed by atoms with Crippen molar-refractivity contribution in [2.24, 2.45) is 0 Å². The zero-order chi connectivity index (χ0) is 44.1. The Labute approximate surface area is 370 Å². The van der Waals surface area contributed by atoms with Gasteiger partial charge in [0.25, 0.3) is 7.82 Å². The van der Waals surface area contributed by atoms with Crippen molar-refractivity contribution in [1.29, 1.82) is 0 Å². The SMILES string of the molecule is CC/C=C\C/C=C\C/C=C\C/C=C\C/C=C\CCCCCCOCC(COP(=O)([O-])OCC[N+](C)(C)C)OC(=O)CCCCCCCCC/C=C\CCCCCCCCC. The number of allylic oxidation sites excluding steroid dienone is 12. The molecule has 0 heterocycles. The quantitative estimate of drug-likeness (QED) is 0.0198. The van der Waals surface area contributed by atoms with Crippen LogP contribution in [0.5, 0.6) is 0 Å². The average Bonchev–Trinajstić information content (AvgIpc) is 3.20. The van der Waals surface area contributed by atoms with E-state index in [4.69, 9.17) is 18.5 Å². The molecular formula is C51H92NO7P. The fourth-order valence-corrected chi connectivity index (χ4v) is 7.00. The molecule has 60 heavy (non-hydrogen) atoms. The number of carbonyl (C=O) groups excluding carboxylic acids is 1. The number of nitrogens with zero attached hydrogens (tertiary/aromatic N) is 1. The van der Waals surface area contributed by atoms with Crippen LogP contribution in [-0.2, 0) is 27.9 Å². The molecule has 0 aromatic carbocycles. The number of likely N-dealkylation sites (N-methyl/N-ethyl adjacent to an activating group) is 1. The van der Waals surface area contributed by atoms with Gasteiger partial charge in [-0.15, -0.1) is 0 Å². The second kappa shape index (κ2) is 43.6. The second-order valence-electron chi connectivity index (χ2n) is 17.1. The first-order valence-corrected chi connectivity index (χ1v) is 25.6. The van der Waals surface area contributed by atoms with E-state index in [0.29, 0.717) is 24.1 Å². The number of quaternary nitrogens is 1. The molecule has 0 aliphatic carbocycles. The summed E-state index contributed by atoms with van der Waals surface area (Å²) in [5.74, 6) is -0.350. The van der Waals surface area contributed by atoms with Gasteiger partial charge in [-0.3, -0.25) is 9.36 Å². The summed E-state index contributed by atoms with van der Waals surface area (Å²) < 4.78 is 34.7. The van der Waals surface area contributed by atoms with Gasteiger partial charge in [0, 0.05) is 13.0 Å². The third kappa shape index (κ3) is 47.0. The van der Waals surface area contributed by atoms with Crippen LogP contribution < -0.4 is 4.89 Å². The summed E-state index contributed by atoms with van der Waals surface area (Å²) in [6.07, 6.45) is 56.3. The van der Waals surface area contributed by atoms with E-state index in [0.717, 1.165) is 83.5 Å². The number of hydrogen-bond donors (Lipinski definition) is 0. The van der Waals surface area contributed by atoms with Crippen molar-refractivity contribution >= 4 is 13.8 Å². The van der Waals surface area contributed by atoms with Crippen LogP contribution in [0.15, 0.2) is 72.9 Å². The largest absolute Gasteiger partial charge is 0.756 e. The van der Waals surface area contributed by atoms with Crippen molar-refractivity contribution in [2.45, 2.75) is 193 Å². The highest BCUT2D eigenvalue weighted by Crippen LogP contribution is 2.38.